The van der Waals surface area contributed by atoms with Crippen LogP contribution in [0.4, 0.5) is 0 Å². The molecule has 0 spiro atoms. The van der Waals surface area contributed by atoms with Gasteiger partial charge in [-0.25, -0.2) is 4.79 Å². The molecular weight excluding hydrogens is 326 g/mol. The Morgan fingerprint density at radius 1 is 0.885 bits per heavy atom. The summed E-state index contributed by atoms with van der Waals surface area (Å²) in [7, 11) is 0. The number of ether oxygens (including phenoxy) is 1. The van der Waals surface area contributed by atoms with Crippen LogP contribution in [-0.4, -0.2) is 16.7 Å². The van der Waals surface area contributed by atoms with Gasteiger partial charge in [0.05, 0.1) is 11.3 Å². The van der Waals surface area contributed by atoms with E-state index in [0.717, 1.165) is 17.7 Å². The van der Waals surface area contributed by atoms with E-state index < -0.39 is 5.97 Å². The molecule has 130 valence electrons. The lowest BCUT2D eigenvalue weighted by Gasteiger charge is -2.06. The first-order valence-corrected chi connectivity index (χ1v) is 8.45. The molecule has 0 aliphatic rings. The second-order valence-electron chi connectivity index (χ2n) is 5.95. The quantitative estimate of drug-likeness (QED) is 0.381. The molecule has 3 rings (SSSR count). The van der Waals surface area contributed by atoms with Gasteiger partial charge >= 0.3 is 5.97 Å². The Kier molecular flexibility index (Phi) is 5.23. The first kappa shape index (κ1) is 17.5. The summed E-state index contributed by atoms with van der Waals surface area (Å²) in [6.07, 6.45) is 2.81. The SMILES string of the molecule is CCc1ccc(-c2ccc(C(=O)Oc3ccc(C(C)=O)cc3)cc2)nc1. The van der Waals surface area contributed by atoms with Crippen molar-refractivity contribution in [2.45, 2.75) is 20.3 Å². The molecule has 0 unspecified atom stereocenters. The average Bonchev–Trinajstić information content (AvgIpc) is 2.68. The van der Waals surface area contributed by atoms with Crippen LogP contribution in [0.5, 0.6) is 5.75 Å². The van der Waals surface area contributed by atoms with Crippen molar-refractivity contribution in [1.29, 1.82) is 0 Å². The lowest BCUT2D eigenvalue weighted by atomic mass is 10.1. The van der Waals surface area contributed by atoms with Crippen molar-refractivity contribution in [3.05, 3.63) is 83.6 Å². The first-order valence-electron chi connectivity index (χ1n) is 8.45. The van der Waals surface area contributed by atoms with E-state index in [1.165, 1.54) is 12.5 Å². The first-order chi connectivity index (χ1) is 12.6. The molecule has 0 bridgehead atoms. The zero-order chi connectivity index (χ0) is 18.5. The van der Waals surface area contributed by atoms with E-state index in [1.54, 1.807) is 36.4 Å². The summed E-state index contributed by atoms with van der Waals surface area (Å²) in [5.41, 5.74) is 4.02. The zero-order valence-corrected chi connectivity index (χ0v) is 14.7. The highest BCUT2D eigenvalue weighted by Crippen LogP contribution is 2.19. The molecule has 4 heteroatoms. The highest BCUT2D eigenvalue weighted by atomic mass is 16.5. The zero-order valence-electron chi connectivity index (χ0n) is 14.7. The third-order valence-electron chi connectivity index (χ3n) is 4.12. The van der Waals surface area contributed by atoms with Gasteiger partial charge in [0, 0.05) is 17.3 Å². The van der Waals surface area contributed by atoms with Gasteiger partial charge < -0.3 is 4.74 Å². The number of aromatic nitrogens is 1. The number of benzene rings is 2. The lowest BCUT2D eigenvalue weighted by Crippen LogP contribution is -2.08. The lowest BCUT2D eigenvalue weighted by molar-refractivity contribution is 0.0734. The monoisotopic (exact) mass is 345 g/mol. The van der Waals surface area contributed by atoms with Crippen LogP contribution in [-0.2, 0) is 6.42 Å². The van der Waals surface area contributed by atoms with E-state index in [-0.39, 0.29) is 5.78 Å². The van der Waals surface area contributed by atoms with Gasteiger partial charge in [0.25, 0.3) is 0 Å². The summed E-state index contributed by atoms with van der Waals surface area (Å²) in [6.45, 7) is 3.58. The molecule has 0 N–H and O–H groups in total. The third-order valence-corrected chi connectivity index (χ3v) is 4.12. The van der Waals surface area contributed by atoms with Crippen LogP contribution in [0.2, 0.25) is 0 Å². The number of hydrogen-bond donors (Lipinski definition) is 0. The molecule has 26 heavy (non-hydrogen) atoms. The van der Waals surface area contributed by atoms with Crippen molar-refractivity contribution in [3.8, 4) is 17.0 Å². The fraction of sp³-hybridized carbons (Fsp3) is 0.136. The predicted octanol–water partition coefficient (Wildman–Crippen LogP) is 4.73. The van der Waals surface area contributed by atoms with Gasteiger partial charge in [-0.05, 0) is 61.4 Å². The van der Waals surface area contributed by atoms with Crippen LogP contribution in [0.15, 0.2) is 66.9 Å². The number of carbonyl (C=O) groups excluding carboxylic acids is 2. The minimum atomic E-state index is -0.443. The molecule has 1 aromatic heterocycles. The Morgan fingerprint density at radius 3 is 2.08 bits per heavy atom. The molecule has 3 aromatic rings. The number of Topliss-reactive ketones (excluding diaryl/α,β-unsaturated/α-hetero) is 1. The third kappa shape index (κ3) is 4.03. The molecule has 0 saturated carbocycles. The van der Waals surface area contributed by atoms with Crippen molar-refractivity contribution in [3.63, 3.8) is 0 Å². The largest absolute Gasteiger partial charge is 0.423 e. The van der Waals surface area contributed by atoms with E-state index in [0.29, 0.717) is 16.9 Å². The number of pyridine rings is 1. The van der Waals surface area contributed by atoms with Gasteiger partial charge in [-0.1, -0.05) is 25.1 Å². The smallest absolute Gasteiger partial charge is 0.343 e. The van der Waals surface area contributed by atoms with E-state index in [1.807, 2.05) is 24.4 Å². The van der Waals surface area contributed by atoms with E-state index in [2.05, 4.69) is 18.0 Å². The Hall–Kier alpha value is -3.27. The van der Waals surface area contributed by atoms with E-state index in [4.69, 9.17) is 4.74 Å². The highest BCUT2D eigenvalue weighted by molar-refractivity contribution is 5.94. The molecule has 0 aliphatic carbocycles. The predicted molar refractivity (Wildman–Crippen MR) is 100 cm³/mol. The molecule has 0 atom stereocenters. The Labute approximate surface area is 152 Å². The van der Waals surface area contributed by atoms with Gasteiger partial charge in [-0.2, -0.15) is 0 Å². The molecule has 0 radical (unpaired) electrons. The summed E-state index contributed by atoms with van der Waals surface area (Å²) in [5.74, 6) is -0.0682. The van der Waals surface area contributed by atoms with Crippen molar-refractivity contribution in [2.24, 2.45) is 0 Å². The maximum absolute atomic E-state index is 12.3. The van der Waals surface area contributed by atoms with Gasteiger partial charge in [-0.15, -0.1) is 0 Å². The number of hydrogen-bond acceptors (Lipinski definition) is 4. The number of nitrogens with zero attached hydrogens (tertiary/aromatic N) is 1. The van der Waals surface area contributed by atoms with Crippen LogP contribution in [0, 0.1) is 0 Å². The minimum absolute atomic E-state index is 0.0287. The van der Waals surface area contributed by atoms with Gasteiger partial charge in [0.1, 0.15) is 5.75 Å². The second-order valence-corrected chi connectivity index (χ2v) is 5.95. The molecule has 2 aromatic carbocycles. The number of rotatable bonds is 5. The van der Waals surface area contributed by atoms with Crippen molar-refractivity contribution >= 4 is 11.8 Å². The highest BCUT2D eigenvalue weighted by Gasteiger charge is 2.10. The van der Waals surface area contributed by atoms with Crippen molar-refractivity contribution < 1.29 is 14.3 Å². The number of ketones is 1. The normalized spacial score (nSPS) is 10.4. The Bertz CT molecular complexity index is 911. The topological polar surface area (TPSA) is 56.3 Å². The summed E-state index contributed by atoms with van der Waals surface area (Å²) in [6, 6.07) is 17.7. The molecular formula is C22H19NO3. The van der Waals surface area contributed by atoms with Gasteiger partial charge in [-0.3, -0.25) is 9.78 Å². The Morgan fingerprint density at radius 2 is 1.54 bits per heavy atom. The summed E-state index contributed by atoms with van der Waals surface area (Å²) < 4.78 is 5.35. The van der Waals surface area contributed by atoms with Crippen LogP contribution >= 0.6 is 0 Å². The summed E-state index contributed by atoms with van der Waals surface area (Å²) in [5, 5.41) is 0. The molecule has 1 heterocycles. The van der Waals surface area contributed by atoms with Crippen LogP contribution in [0.3, 0.4) is 0 Å². The molecule has 0 aliphatic heterocycles. The molecule has 0 amide bonds. The van der Waals surface area contributed by atoms with Gasteiger partial charge in [0.15, 0.2) is 5.78 Å². The molecule has 4 nitrogen and oxygen atoms in total. The second kappa shape index (κ2) is 7.74. The number of aryl methyl sites for hydroxylation is 1. The van der Waals surface area contributed by atoms with E-state index in [9.17, 15) is 9.59 Å². The summed E-state index contributed by atoms with van der Waals surface area (Å²) in [4.78, 5) is 28.0. The van der Waals surface area contributed by atoms with Crippen molar-refractivity contribution in [1.82, 2.24) is 4.98 Å². The number of carbonyl (C=O) groups is 2. The molecule has 0 fully saturated rings. The standard InChI is InChI=1S/C22H19NO3/c1-3-16-4-13-21(23-14-16)18-5-7-19(8-6-18)22(25)26-20-11-9-17(10-12-20)15(2)24/h4-14H,3H2,1-2H3. The fourth-order valence-electron chi connectivity index (χ4n) is 2.51. The maximum atomic E-state index is 12.3. The average molecular weight is 345 g/mol. The Balaban J connectivity index is 1.70. The maximum Gasteiger partial charge on any atom is 0.343 e. The van der Waals surface area contributed by atoms with Crippen LogP contribution < -0.4 is 4.74 Å². The van der Waals surface area contributed by atoms with Gasteiger partial charge in [0.2, 0.25) is 0 Å². The molecule has 0 saturated heterocycles. The summed E-state index contributed by atoms with van der Waals surface area (Å²) >= 11 is 0. The van der Waals surface area contributed by atoms with Crippen LogP contribution in [0.25, 0.3) is 11.3 Å². The number of esters is 1. The fourth-order valence-corrected chi connectivity index (χ4v) is 2.51. The van der Waals surface area contributed by atoms with Crippen LogP contribution in [0.1, 0.15) is 40.1 Å². The van der Waals surface area contributed by atoms with Crippen molar-refractivity contribution in [2.75, 3.05) is 0 Å². The van der Waals surface area contributed by atoms with E-state index >= 15 is 0 Å². The minimum Gasteiger partial charge on any atom is -0.423 e.